The summed E-state index contributed by atoms with van der Waals surface area (Å²) >= 11 is 2.00. The number of hydrogen-bond acceptors (Lipinski definition) is 3. The predicted molar refractivity (Wildman–Crippen MR) is 54.6 cm³/mol. The van der Waals surface area contributed by atoms with Gasteiger partial charge in [0, 0.05) is 13.2 Å². The second-order valence-corrected chi connectivity index (χ2v) is 4.94. The highest BCUT2D eigenvalue weighted by Crippen LogP contribution is 2.32. The van der Waals surface area contributed by atoms with Crippen LogP contribution in [0.2, 0.25) is 0 Å². The Kier molecular flexibility index (Phi) is 3.87. The van der Waals surface area contributed by atoms with Gasteiger partial charge in [0.15, 0.2) is 0 Å². The first-order valence-electron chi connectivity index (χ1n) is 4.63. The summed E-state index contributed by atoms with van der Waals surface area (Å²) in [6.45, 7) is 5.29. The summed E-state index contributed by atoms with van der Waals surface area (Å²) in [6, 6.07) is 0.640. The Morgan fingerprint density at radius 3 is 2.92 bits per heavy atom. The van der Waals surface area contributed by atoms with Gasteiger partial charge in [0.25, 0.3) is 0 Å². The molecule has 0 aromatic heterocycles. The molecule has 1 aliphatic heterocycles. The van der Waals surface area contributed by atoms with E-state index in [1.165, 1.54) is 12.2 Å². The van der Waals surface area contributed by atoms with E-state index in [1.54, 1.807) is 7.11 Å². The van der Waals surface area contributed by atoms with Crippen LogP contribution in [0.15, 0.2) is 0 Å². The molecule has 3 heteroatoms. The Bertz CT molecular complexity index is 138. The number of nitrogens with one attached hydrogen (secondary N) is 1. The lowest BCUT2D eigenvalue weighted by atomic mass is 10.1. The zero-order valence-electron chi connectivity index (χ0n) is 8.22. The van der Waals surface area contributed by atoms with Gasteiger partial charge in [-0.2, -0.15) is 0 Å². The lowest BCUT2D eigenvalue weighted by Crippen LogP contribution is -2.53. The van der Waals surface area contributed by atoms with Crippen LogP contribution in [0.5, 0.6) is 0 Å². The molecule has 1 heterocycles. The van der Waals surface area contributed by atoms with Crippen molar-refractivity contribution in [2.45, 2.75) is 37.6 Å². The molecule has 12 heavy (non-hydrogen) atoms. The van der Waals surface area contributed by atoms with Gasteiger partial charge < -0.3 is 4.74 Å². The molecular formula is C9H19NOS. The molecule has 0 saturated carbocycles. The molecule has 0 amide bonds. The number of ether oxygens (including phenoxy) is 1. The normalized spacial score (nSPS) is 36.8. The molecule has 0 aromatic rings. The number of rotatable bonds is 3. The van der Waals surface area contributed by atoms with E-state index in [2.05, 4.69) is 19.2 Å². The third kappa shape index (κ3) is 2.38. The van der Waals surface area contributed by atoms with Crippen molar-refractivity contribution < 1.29 is 4.74 Å². The molecule has 0 aromatic carbocycles. The third-order valence-electron chi connectivity index (χ3n) is 2.39. The van der Waals surface area contributed by atoms with Gasteiger partial charge in [-0.1, -0.05) is 6.92 Å². The van der Waals surface area contributed by atoms with E-state index < -0.39 is 0 Å². The summed E-state index contributed by atoms with van der Waals surface area (Å²) in [5.41, 5.74) is 0. The Balaban J connectivity index is 2.51. The molecule has 0 aliphatic carbocycles. The minimum atomic E-state index is 0.187. The van der Waals surface area contributed by atoms with Gasteiger partial charge in [-0.3, -0.25) is 5.32 Å². The largest absolute Gasteiger partial charge is 0.382 e. The topological polar surface area (TPSA) is 21.3 Å². The lowest BCUT2D eigenvalue weighted by Gasteiger charge is -2.39. The molecule has 0 bridgehead atoms. The zero-order valence-corrected chi connectivity index (χ0v) is 9.04. The van der Waals surface area contributed by atoms with Crippen LogP contribution in [-0.2, 0) is 4.74 Å². The molecule has 1 rings (SSSR count). The Morgan fingerprint density at radius 1 is 1.67 bits per heavy atom. The van der Waals surface area contributed by atoms with Crippen LogP contribution >= 0.6 is 11.8 Å². The van der Waals surface area contributed by atoms with Gasteiger partial charge in [0.05, 0.1) is 11.5 Å². The average Bonchev–Trinajstić information content (AvgIpc) is 2.05. The molecular weight excluding hydrogens is 170 g/mol. The van der Waals surface area contributed by atoms with Gasteiger partial charge in [-0.05, 0) is 25.5 Å². The van der Waals surface area contributed by atoms with Crippen molar-refractivity contribution in [1.29, 1.82) is 0 Å². The fourth-order valence-corrected chi connectivity index (χ4v) is 3.17. The molecule has 72 valence electrons. The Hall–Kier alpha value is 0.270. The predicted octanol–water partition coefficient (Wildman–Crippen LogP) is 1.85. The van der Waals surface area contributed by atoms with Gasteiger partial charge in [-0.25, -0.2) is 0 Å². The summed E-state index contributed by atoms with van der Waals surface area (Å²) < 4.78 is 5.24. The molecule has 0 radical (unpaired) electrons. The molecule has 2 unspecified atom stereocenters. The van der Waals surface area contributed by atoms with Crippen LogP contribution in [-0.4, -0.2) is 30.4 Å². The van der Waals surface area contributed by atoms with Crippen LogP contribution in [0.25, 0.3) is 0 Å². The van der Waals surface area contributed by atoms with E-state index >= 15 is 0 Å². The van der Waals surface area contributed by atoms with E-state index in [1.807, 2.05) is 11.8 Å². The SMILES string of the molecule is CCC1(COC)NC(C)CCS1. The van der Waals surface area contributed by atoms with Crippen LogP contribution in [0, 0.1) is 0 Å². The molecule has 2 atom stereocenters. The smallest absolute Gasteiger partial charge is 0.0880 e. The maximum atomic E-state index is 5.24. The average molecular weight is 189 g/mol. The van der Waals surface area contributed by atoms with Crippen molar-refractivity contribution in [3.8, 4) is 0 Å². The van der Waals surface area contributed by atoms with E-state index in [0.717, 1.165) is 13.0 Å². The van der Waals surface area contributed by atoms with Gasteiger partial charge in [0.2, 0.25) is 0 Å². The van der Waals surface area contributed by atoms with E-state index in [4.69, 9.17) is 4.74 Å². The van der Waals surface area contributed by atoms with E-state index in [-0.39, 0.29) is 4.87 Å². The minimum absolute atomic E-state index is 0.187. The number of thioether (sulfide) groups is 1. The highest BCUT2D eigenvalue weighted by Gasteiger charge is 2.33. The van der Waals surface area contributed by atoms with E-state index in [9.17, 15) is 0 Å². The lowest BCUT2D eigenvalue weighted by molar-refractivity contribution is 0.142. The van der Waals surface area contributed by atoms with Gasteiger partial charge in [-0.15, -0.1) is 11.8 Å². The fraction of sp³-hybridized carbons (Fsp3) is 1.00. The highest BCUT2D eigenvalue weighted by atomic mass is 32.2. The highest BCUT2D eigenvalue weighted by molar-refractivity contribution is 8.00. The van der Waals surface area contributed by atoms with Crippen molar-refractivity contribution in [2.75, 3.05) is 19.5 Å². The van der Waals surface area contributed by atoms with Gasteiger partial charge in [0.1, 0.15) is 0 Å². The van der Waals surface area contributed by atoms with Crippen molar-refractivity contribution in [2.24, 2.45) is 0 Å². The Labute approximate surface area is 79.4 Å². The molecule has 2 nitrogen and oxygen atoms in total. The standard InChI is InChI=1S/C9H19NOS/c1-4-9(7-11-3)10-8(2)5-6-12-9/h8,10H,4-7H2,1-3H3. The Morgan fingerprint density at radius 2 is 2.42 bits per heavy atom. The molecule has 1 aliphatic rings. The van der Waals surface area contributed by atoms with E-state index in [0.29, 0.717) is 6.04 Å². The summed E-state index contributed by atoms with van der Waals surface area (Å²) in [4.78, 5) is 0.187. The summed E-state index contributed by atoms with van der Waals surface area (Å²) in [7, 11) is 1.78. The molecule has 1 N–H and O–H groups in total. The third-order valence-corrected chi connectivity index (χ3v) is 3.90. The maximum absolute atomic E-state index is 5.24. The van der Waals surface area contributed by atoms with Crippen LogP contribution in [0.1, 0.15) is 26.7 Å². The van der Waals surface area contributed by atoms with Crippen molar-refractivity contribution >= 4 is 11.8 Å². The summed E-state index contributed by atoms with van der Waals surface area (Å²) in [5.74, 6) is 1.26. The fourth-order valence-electron chi connectivity index (χ4n) is 1.62. The summed E-state index contributed by atoms with van der Waals surface area (Å²) in [6.07, 6.45) is 2.41. The first-order valence-corrected chi connectivity index (χ1v) is 5.61. The second kappa shape index (κ2) is 4.49. The van der Waals surface area contributed by atoms with Gasteiger partial charge >= 0.3 is 0 Å². The minimum Gasteiger partial charge on any atom is -0.382 e. The summed E-state index contributed by atoms with van der Waals surface area (Å²) in [5, 5.41) is 3.62. The monoisotopic (exact) mass is 189 g/mol. The van der Waals surface area contributed by atoms with Crippen LogP contribution in [0.3, 0.4) is 0 Å². The number of methoxy groups -OCH3 is 1. The van der Waals surface area contributed by atoms with Crippen molar-refractivity contribution in [3.05, 3.63) is 0 Å². The molecule has 0 spiro atoms. The zero-order chi connectivity index (χ0) is 9.03. The van der Waals surface area contributed by atoms with Crippen LogP contribution < -0.4 is 5.32 Å². The van der Waals surface area contributed by atoms with Crippen LogP contribution in [0.4, 0.5) is 0 Å². The molecule has 1 saturated heterocycles. The second-order valence-electron chi connectivity index (χ2n) is 3.46. The number of hydrogen-bond donors (Lipinski definition) is 1. The first kappa shape index (κ1) is 10.4. The first-order chi connectivity index (χ1) is 5.72. The molecule has 1 fully saturated rings. The van der Waals surface area contributed by atoms with Crippen molar-refractivity contribution in [3.63, 3.8) is 0 Å². The van der Waals surface area contributed by atoms with Crippen molar-refractivity contribution in [1.82, 2.24) is 5.32 Å². The quantitative estimate of drug-likeness (QED) is 0.732. The maximum Gasteiger partial charge on any atom is 0.0880 e.